The maximum Gasteiger partial charge on any atom is 0.254 e. The largest absolute Gasteiger partial charge is 0.342 e. The van der Waals surface area contributed by atoms with Crippen LogP contribution >= 0.6 is 0 Å². The van der Waals surface area contributed by atoms with Crippen molar-refractivity contribution < 1.29 is 4.79 Å². The Hall–Kier alpha value is -2.73. The van der Waals surface area contributed by atoms with E-state index in [0.717, 1.165) is 60.7 Å². The smallest absolute Gasteiger partial charge is 0.254 e. The summed E-state index contributed by atoms with van der Waals surface area (Å²) in [6.07, 6.45) is 4.14. The third kappa shape index (κ3) is 3.29. The number of piperidine rings is 1. The summed E-state index contributed by atoms with van der Waals surface area (Å²) in [6, 6.07) is 12.1. The monoisotopic (exact) mass is 375 g/mol. The number of hydrogen-bond acceptors (Lipinski definition) is 4. The molecule has 6 heteroatoms. The second-order valence-corrected chi connectivity index (χ2v) is 8.12. The molecule has 3 aromatic rings. The van der Waals surface area contributed by atoms with Crippen LogP contribution in [0.4, 0.5) is 0 Å². The highest BCUT2D eigenvalue weighted by atomic mass is 16.2. The van der Waals surface area contributed by atoms with E-state index in [0.29, 0.717) is 5.92 Å². The van der Waals surface area contributed by atoms with E-state index in [1.807, 2.05) is 43.5 Å². The predicted octanol–water partition coefficient (Wildman–Crippen LogP) is 3.00. The van der Waals surface area contributed by atoms with Gasteiger partial charge in [0, 0.05) is 44.0 Å². The molecule has 1 aromatic carbocycles. The fraction of sp³-hybridized carbons (Fsp3) is 0.409. The number of nitrogens with one attached hydrogen (secondary N) is 1. The maximum atomic E-state index is 13.3. The van der Waals surface area contributed by atoms with Gasteiger partial charge in [-0.3, -0.25) is 14.7 Å². The average molecular weight is 375 g/mol. The van der Waals surface area contributed by atoms with Gasteiger partial charge in [-0.1, -0.05) is 6.07 Å². The Labute approximate surface area is 164 Å². The zero-order valence-electron chi connectivity index (χ0n) is 16.1. The van der Waals surface area contributed by atoms with Crippen LogP contribution in [-0.4, -0.2) is 56.3 Å². The fourth-order valence-corrected chi connectivity index (χ4v) is 4.71. The number of carbonyl (C=O) groups is 1. The first-order valence-electron chi connectivity index (χ1n) is 10.1. The van der Waals surface area contributed by atoms with E-state index in [9.17, 15) is 4.79 Å². The Morgan fingerprint density at radius 1 is 1.18 bits per heavy atom. The molecule has 3 saturated heterocycles. The molecule has 144 valence electrons. The van der Waals surface area contributed by atoms with Crippen molar-refractivity contribution >= 4 is 16.9 Å². The molecule has 1 N–H and O–H groups in total. The van der Waals surface area contributed by atoms with Crippen molar-refractivity contribution in [1.82, 2.24) is 24.8 Å². The summed E-state index contributed by atoms with van der Waals surface area (Å²) in [6.45, 7) is 5.60. The van der Waals surface area contributed by atoms with Crippen molar-refractivity contribution in [3.05, 3.63) is 59.7 Å². The Bertz CT molecular complexity index is 999. The van der Waals surface area contributed by atoms with Crippen LogP contribution in [0.1, 0.15) is 34.7 Å². The molecule has 0 radical (unpaired) electrons. The first kappa shape index (κ1) is 17.4. The lowest BCUT2D eigenvalue weighted by Gasteiger charge is -2.36. The number of aryl methyl sites for hydroxylation is 1. The number of nitrogens with zero attached hydrogens (tertiary/aromatic N) is 4. The third-order valence-corrected chi connectivity index (χ3v) is 6.01. The van der Waals surface area contributed by atoms with Gasteiger partial charge in [-0.25, -0.2) is 4.98 Å². The highest BCUT2D eigenvalue weighted by Gasteiger charge is 2.37. The second kappa shape index (κ2) is 7.02. The van der Waals surface area contributed by atoms with E-state index in [1.54, 1.807) is 0 Å². The third-order valence-electron chi connectivity index (χ3n) is 6.01. The van der Waals surface area contributed by atoms with Gasteiger partial charge in [0.05, 0.1) is 16.7 Å². The van der Waals surface area contributed by atoms with Gasteiger partial charge in [-0.15, -0.1) is 0 Å². The predicted molar refractivity (Wildman–Crippen MR) is 108 cm³/mol. The highest BCUT2D eigenvalue weighted by Crippen LogP contribution is 2.30. The number of fused-ring (bicyclic) bond motifs is 5. The summed E-state index contributed by atoms with van der Waals surface area (Å²) in [5.41, 5.74) is 3.69. The summed E-state index contributed by atoms with van der Waals surface area (Å²) in [4.78, 5) is 30.0. The number of hydrogen-bond donors (Lipinski definition) is 1. The summed E-state index contributed by atoms with van der Waals surface area (Å²) in [7, 11) is 0. The number of imidazole rings is 1. The van der Waals surface area contributed by atoms with E-state index in [1.165, 1.54) is 6.42 Å². The van der Waals surface area contributed by atoms with Gasteiger partial charge >= 0.3 is 0 Å². The minimum Gasteiger partial charge on any atom is -0.342 e. The quantitative estimate of drug-likeness (QED) is 0.764. The van der Waals surface area contributed by atoms with Crippen LogP contribution in [-0.2, 0) is 6.54 Å². The molecule has 0 saturated carbocycles. The number of carbonyl (C=O) groups excluding carboxylic acids is 1. The van der Waals surface area contributed by atoms with Crippen molar-refractivity contribution in [2.75, 3.05) is 19.6 Å². The van der Waals surface area contributed by atoms with Crippen LogP contribution in [0.5, 0.6) is 0 Å². The minimum absolute atomic E-state index is 0.142. The van der Waals surface area contributed by atoms with Crippen molar-refractivity contribution in [2.45, 2.75) is 32.4 Å². The maximum absolute atomic E-state index is 13.3. The first-order chi connectivity index (χ1) is 13.7. The molecule has 1 amide bonds. The van der Waals surface area contributed by atoms with Crippen molar-refractivity contribution in [2.24, 2.45) is 5.92 Å². The lowest BCUT2D eigenvalue weighted by molar-refractivity contribution is 0.0585. The lowest BCUT2D eigenvalue weighted by Crippen LogP contribution is -2.47. The van der Waals surface area contributed by atoms with Gasteiger partial charge < -0.3 is 9.88 Å². The molecular formula is C22H25N5O. The molecular weight excluding hydrogens is 350 g/mol. The number of benzene rings is 1. The summed E-state index contributed by atoms with van der Waals surface area (Å²) in [5, 5.41) is 0. The Morgan fingerprint density at radius 2 is 2.11 bits per heavy atom. The van der Waals surface area contributed by atoms with Crippen LogP contribution in [0.3, 0.4) is 0 Å². The molecule has 0 spiro atoms. The molecule has 2 bridgehead atoms. The van der Waals surface area contributed by atoms with Gasteiger partial charge in [0.1, 0.15) is 5.82 Å². The summed E-state index contributed by atoms with van der Waals surface area (Å²) < 4.78 is 0. The molecule has 2 atom stereocenters. The normalized spacial score (nSPS) is 22.5. The topological polar surface area (TPSA) is 65.1 Å². The van der Waals surface area contributed by atoms with Gasteiger partial charge in [0.25, 0.3) is 5.91 Å². The second-order valence-electron chi connectivity index (χ2n) is 8.12. The molecule has 2 aromatic heterocycles. The molecule has 3 fully saturated rings. The molecule has 0 unspecified atom stereocenters. The number of rotatable bonds is 3. The van der Waals surface area contributed by atoms with E-state index in [2.05, 4.69) is 30.8 Å². The number of aromatic amines is 1. The summed E-state index contributed by atoms with van der Waals surface area (Å²) in [5.74, 6) is 1.55. The number of aromatic nitrogens is 3. The number of pyridine rings is 1. The molecule has 0 aliphatic carbocycles. The standard InChI is InChI=1S/C22H25N5O/c1-15-24-20-8-6-17(10-21(20)25-15)22(28)27-12-16-5-7-19(27)14-26(11-16)13-18-4-2-3-9-23-18/h2-4,6,8-10,16,19H,5,7,11-14H2,1H3,(H,24,25)/t16-,19+/m0/s1. The Morgan fingerprint density at radius 3 is 2.96 bits per heavy atom. The molecule has 28 heavy (non-hydrogen) atoms. The zero-order valence-corrected chi connectivity index (χ0v) is 16.1. The van der Waals surface area contributed by atoms with E-state index >= 15 is 0 Å². The van der Waals surface area contributed by atoms with E-state index < -0.39 is 0 Å². The van der Waals surface area contributed by atoms with Crippen molar-refractivity contribution in [3.63, 3.8) is 0 Å². The Balaban J connectivity index is 1.36. The molecule has 3 aliphatic rings. The van der Waals surface area contributed by atoms with Crippen LogP contribution in [0.25, 0.3) is 11.0 Å². The van der Waals surface area contributed by atoms with Crippen LogP contribution in [0.2, 0.25) is 0 Å². The summed E-state index contributed by atoms with van der Waals surface area (Å²) >= 11 is 0. The molecule has 5 heterocycles. The first-order valence-corrected chi connectivity index (χ1v) is 10.1. The van der Waals surface area contributed by atoms with Crippen LogP contribution in [0, 0.1) is 12.8 Å². The average Bonchev–Trinajstić information content (AvgIpc) is 2.86. The Kier molecular flexibility index (Phi) is 4.36. The lowest BCUT2D eigenvalue weighted by atomic mass is 9.94. The zero-order chi connectivity index (χ0) is 19.1. The number of H-pyrrole nitrogens is 1. The van der Waals surface area contributed by atoms with E-state index in [-0.39, 0.29) is 11.9 Å². The van der Waals surface area contributed by atoms with Crippen LogP contribution in [0.15, 0.2) is 42.6 Å². The minimum atomic E-state index is 0.142. The highest BCUT2D eigenvalue weighted by molar-refractivity contribution is 5.97. The van der Waals surface area contributed by atoms with Gasteiger partial charge in [-0.2, -0.15) is 0 Å². The van der Waals surface area contributed by atoms with Crippen molar-refractivity contribution in [3.8, 4) is 0 Å². The van der Waals surface area contributed by atoms with Gasteiger partial charge in [-0.05, 0) is 56.0 Å². The fourth-order valence-electron chi connectivity index (χ4n) is 4.71. The van der Waals surface area contributed by atoms with Gasteiger partial charge in [0.2, 0.25) is 0 Å². The molecule has 3 aliphatic heterocycles. The molecule has 6 rings (SSSR count). The van der Waals surface area contributed by atoms with E-state index in [4.69, 9.17) is 0 Å². The SMILES string of the molecule is Cc1nc2ccc(C(=O)N3C[C@H]4CC[C@@H]3CN(Cc3ccccn3)C4)cc2[nH]1. The number of amides is 1. The van der Waals surface area contributed by atoms with Crippen LogP contribution < -0.4 is 0 Å². The van der Waals surface area contributed by atoms with Crippen molar-refractivity contribution in [1.29, 1.82) is 0 Å². The van der Waals surface area contributed by atoms with Gasteiger partial charge in [0.15, 0.2) is 0 Å². The molecule has 6 nitrogen and oxygen atoms in total.